The molecule has 0 spiro atoms. The molecule has 1 unspecified atom stereocenters. The van der Waals surface area contributed by atoms with Gasteiger partial charge in [0.1, 0.15) is 5.84 Å². The Morgan fingerprint density at radius 1 is 1.19 bits per heavy atom. The van der Waals surface area contributed by atoms with Crippen molar-refractivity contribution in [2.45, 2.75) is 51.3 Å². The summed E-state index contributed by atoms with van der Waals surface area (Å²) in [5.74, 6) is 0.776. The molecule has 1 aliphatic heterocycles. The Morgan fingerprint density at radius 3 is 2.53 bits per heavy atom. The van der Waals surface area contributed by atoms with Crippen LogP contribution in [0.1, 0.15) is 60.5 Å². The van der Waals surface area contributed by atoms with E-state index in [9.17, 15) is 4.79 Å². The standard InChI is InChI=1S/C23H27BrN6O2/c1-13-20(25)30-21(28-13)19-10-17(29-23(31)22-26-11-16(24)12-27-22)6-5-15(19)9-14-3-7-18(32-2)8-4-14/h5-6,10-12,14,18,21H,3-4,7-9H2,1-2H3,(H2,25,30)(H,29,31). The molecular weight excluding hydrogens is 472 g/mol. The average Bonchev–Trinajstić information content (AvgIpc) is 3.13. The van der Waals surface area contributed by atoms with Crippen molar-refractivity contribution in [3.8, 4) is 0 Å². The molecule has 1 aromatic carbocycles. The van der Waals surface area contributed by atoms with Gasteiger partial charge in [-0.05, 0) is 78.6 Å². The summed E-state index contributed by atoms with van der Waals surface area (Å²) in [6.07, 6.45) is 8.45. The maximum absolute atomic E-state index is 12.6. The minimum absolute atomic E-state index is 0.103. The van der Waals surface area contributed by atoms with E-state index in [1.54, 1.807) is 19.5 Å². The Labute approximate surface area is 195 Å². The number of aromatic nitrogens is 2. The largest absolute Gasteiger partial charge is 0.382 e. The van der Waals surface area contributed by atoms with Crippen molar-refractivity contribution in [3.63, 3.8) is 0 Å². The van der Waals surface area contributed by atoms with Crippen molar-refractivity contribution in [3.05, 3.63) is 52.0 Å². The first kappa shape index (κ1) is 22.5. The van der Waals surface area contributed by atoms with Crippen LogP contribution < -0.4 is 11.1 Å². The molecule has 3 N–H and O–H groups in total. The molecule has 1 aromatic heterocycles. The Balaban J connectivity index is 1.56. The van der Waals surface area contributed by atoms with E-state index in [-0.39, 0.29) is 17.9 Å². The number of carbonyl (C=O) groups is 1. The topological polar surface area (TPSA) is 115 Å². The Morgan fingerprint density at radius 2 is 1.91 bits per heavy atom. The summed E-state index contributed by atoms with van der Waals surface area (Å²) in [5, 5.41) is 2.88. The molecule has 1 aliphatic carbocycles. The lowest BCUT2D eigenvalue weighted by Gasteiger charge is -2.28. The molecule has 1 saturated carbocycles. The summed E-state index contributed by atoms with van der Waals surface area (Å²) in [5.41, 5.74) is 9.53. The number of amidine groups is 1. The van der Waals surface area contributed by atoms with Crippen LogP contribution in [0.15, 0.2) is 45.1 Å². The Bertz CT molecular complexity index is 1030. The van der Waals surface area contributed by atoms with E-state index in [0.717, 1.165) is 43.4 Å². The highest BCUT2D eigenvalue weighted by atomic mass is 79.9. The fourth-order valence-corrected chi connectivity index (χ4v) is 4.45. The predicted molar refractivity (Wildman–Crippen MR) is 128 cm³/mol. The molecule has 0 saturated heterocycles. The molecule has 9 heteroatoms. The fraction of sp³-hybridized carbons (Fsp3) is 0.435. The van der Waals surface area contributed by atoms with Gasteiger partial charge in [-0.2, -0.15) is 0 Å². The molecular formula is C23H27BrN6O2. The zero-order valence-corrected chi connectivity index (χ0v) is 19.8. The molecule has 8 nitrogen and oxygen atoms in total. The number of aliphatic imine (C=N–C) groups is 2. The molecule has 32 heavy (non-hydrogen) atoms. The summed E-state index contributed by atoms with van der Waals surface area (Å²) in [6.45, 7) is 1.86. The van der Waals surface area contributed by atoms with Crippen LogP contribution in [0.5, 0.6) is 0 Å². The first-order chi connectivity index (χ1) is 15.4. The number of amides is 1. The summed E-state index contributed by atoms with van der Waals surface area (Å²) in [7, 11) is 1.79. The van der Waals surface area contributed by atoms with Gasteiger partial charge in [0.2, 0.25) is 5.82 Å². The number of methoxy groups -OCH3 is 1. The summed E-state index contributed by atoms with van der Waals surface area (Å²) in [4.78, 5) is 29.9. The minimum Gasteiger partial charge on any atom is -0.382 e. The van der Waals surface area contributed by atoms with Crippen LogP contribution in [-0.2, 0) is 11.2 Å². The zero-order chi connectivity index (χ0) is 22.7. The number of rotatable bonds is 6. The van der Waals surface area contributed by atoms with E-state index in [4.69, 9.17) is 10.5 Å². The Kier molecular flexibility index (Phi) is 6.95. The maximum atomic E-state index is 12.6. The first-order valence-electron chi connectivity index (χ1n) is 10.8. The van der Waals surface area contributed by atoms with E-state index in [1.165, 1.54) is 5.56 Å². The highest BCUT2D eigenvalue weighted by molar-refractivity contribution is 9.10. The summed E-state index contributed by atoms with van der Waals surface area (Å²) in [6, 6.07) is 5.91. The predicted octanol–water partition coefficient (Wildman–Crippen LogP) is 4.07. The molecule has 1 fully saturated rings. The second-order valence-electron chi connectivity index (χ2n) is 8.28. The van der Waals surface area contributed by atoms with Crippen molar-refractivity contribution in [2.24, 2.45) is 21.6 Å². The van der Waals surface area contributed by atoms with Crippen molar-refractivity contribution in [1.29, 1.82) is 0 Å². The summed E-state index contributed by atoms with van der Waals surface area (Å²) >= 11 is 3.28. The zero-order valence-electron chi connectivity index (χ0n) is 18.2. The van der Waals surface area contributed by atoms with Gasteiger partial charge in [-0.3, -0.25) is 9.79 Å². The van der Waals surface area contributed by atoms with Gasteiger partial charge < -0.3 is 15.8 Å². The van der Waals surface area contributed by atoms with Crippen LogP contribution in [0.25, 0.3) is 0 Å². The molecule has 2 heterocycles. The van der Waals surface area contributed by atoms with Gasteiger partial charge in [0.05, 0.1) is 16.3 Å². The number of nitrogens with two attached hydrogens (primary N) is 1. The molecule has 2 aromatic rings. The van der Waals surface area contributed by atoms with Crippen molar-refractivity contribution in [1.82, 2.24) is 9.97 Å². The number of hydrogen-bond acceptors (Lipinski definition) is 7. The highest BCUT2D eigenvalue weighted by Gasteiger charge is 2.25. The number of benzene rings is 1. The van der Waals surface area contributed by atoms with Gasteiger partial charge in [0, 0.05) is 30.8 Å². The summed E-state index contributed by atoms with van der Waals surface area (Å²) < 4.78 is 6.22. The van der Waals surface area contributed by atoms with Crippen molar-refractivity contribution in [2.75, 3.05) is 12.4 Å². The van der Waals surface area contributed by atoms with Crippen LogP contribution >= 0.6 is 15.9 Å². The first-order valence-corrected chi connectivity index (χ1v) is 11.5. The third kappa shape index (κ3) is 5.21. The van der Waals surface area contributed by atoms with Crippen LogP contribution in [0.3, 0.4) is 0 Å². The molecule has 0 radical (unpaired) electrons. The molecule has 0 bridgehead atoms. The van der Waals surface area contributed by atoms with Crippen molar-refractivity contribution < 1.29 is 9.53 Å². The van der Waals surface area contributed by atoms with E-state index in [1.807, 2.05) is 19.1 Å². The molecule has 4 rings (SSSR count). The molecule has 168 valence electrons. The lowest BCUT2D eigenvalue weighted by Crippen LogP contribution is -2.22. The number of halogens is 1. The monoisotopic (exact) mass is 498 g/mol. The smallest absolute Gasteiger partial charge is 0.293 e. The lowest BCUT2D eigenvalue weighted by molar-refractivity contribution is 0.0568. The minimum atomic E-state index is -0.388. The van der Waals surface area contributed by atoms with E-state index < -0.39 is 0 Å². The van der Waals surface area contributed by atoms with Crippen molar-refractivity contribution >= 4 is 39.1 Å². The van der Waals surface area contributed by atoms with Gasteiger partial charge in [-0.1, -0.05) is 6.07 Å². The number of carbonyl (C=O) groups excluding carboxylic acids is 1. The van der Waals surface area contributed by atoms with Gasteiger partial charge in [-0.25, -0.2) is 15.0 Å². The fourth-order valence-electron chi connectivity index (χ4n) is 4.24. The molecule has 2 aliphatic rings. The normalized spacial score (nSPS) is 22.9. The number of nitrogens with one attached hydrogen (secondary N) is 1. The molecule has 1 atom stereocenters. The third-order valence-corrected chi connectivity index (χ3v) is 6.50. The molecule has 1 amide bonds. The number of nitrogens with zero attached hydrogens (tertiary/aromatic N) is 4. The lowest BCUT2D eigenvalue weighted by atomic mass is 9.82. The van der Waals surface area contributed by atoms with Crippen LogP contribution in [-0.4, -0.2) is 40.6 Å². The SMILES string of the molecule is COC1CCC(Cc2ccc(NC(=O)c3ncc(Br)cn3)cc2C2N=C(C)C(N)=N2)CC1. The maximum Gasteiger partial charge on any atom is 0.293 e. The second kappa shape index (κ2) is 9.87. The van der Waals surface area contributed by atoms with E-state index in [0.29, 0.717) is 28.0 Å². The number of hydrogen-bond donors (Lipinski definition) is 2. The third-order valence-electron chi connectivity index (χ3n) is 6.09. The van der Waals surface area contributed by atoms with Gasteiger partial charge in [0.15, 0.2) is 6.17 Å². The van der Waals surface area contributed by atoms with Crippen LogP contribution in [0, 0.1) is 5.92 Å². The average molecular weight is 499 g/mol. The van der Waals surface area contributed by atoms with Gasteiger partial charge >= 0.3 is 0 Å². The van der Waals surface area contributed by atoms with Gasteiger partial charge in [0.25, 0.3) is 5.91 Å². The van der Waals surface area contributed by atoms with Crippen LogP contribution in [0.4, 0.5) is 5.69 Å². The quantitative estimate of drug-likeness (QED) is 0.622. The highest BCUT2D eigenvalue weighted by Crippen LogP contribution is 2.34. The second-order valence-corrected chi connectivity index (χ2v) is 9.19. The number of ether oxygens (including phenoxy) is 1. The Hall–Kier alpha value is -2.65. The number of anilines is 1. The van der Waals surface area contributed by atoms with E-state index in [2.05, 4.69) is 47.3 Å². The van der Waals surface area contributed by atoms with Crippen LogP contribution in [0.2, 0.25) is 0 Å². The van der Waals surface area contributed by atoms with Gasteiger partial charge in [-0.15, -0.1) is 0 Å². The van der Waals surface area contributed by atoms with E-state index >= 15 is 0 Å².